The molecule has 108 valence electrons. The van der Waals surface area contributed by atoms with Crippen LogP contribution in [0, 0.1) is 17.1 Å². The Hall–Kier alpha value is -1.49. The Morgan fingerprint density at radius 3 is 2.75 bits per heavy atom. The van der Waals surface area contributed by atoms with Crippen molar-refractivity contribution in [1.29, 1.82) is 5.26 Å². The Kier molecular flexibility index (Phi) is 3.82. The van der Waals surface area contributed by atoms with Crippen molar-refractivity contribution < 1.29 is 12.8 Å². The van der Waals surface area contributed by atoms with Crippen molar-refractivity contribution in [2.45, 2.75) is 24.3 Å². The molecule has 1 saturated heterocycles. The third-order valence-corrected chi connectivity index (χ3v) is 5.07. The number of nitriles is 1. The molecule has 0 aromatic heterocycles. The van der Waals surface area contributed by atoms with E-state index in [9.17, 15) is 12.8 Å². The molecule has 0 spiro atoms. The summed E-state index contributed by atoms with van der Waals surface area (Å²) in [5, 5.41) is 12.0. The monoisotopic (exact) mass is 297 g/mol. The Bertz CT molecular complexity index is 665. The molecule has 0 atom stereocenters. The number of sulfonamides is 1. The zero-order chi connectivity index (χ0) is 15.0. The van der Waals surface area contributed by atoms with Gasteiger partial charge in [0.15, 0.2) is 0 Å². The molecule has 0 saturated carbocycles. The number of benzene rings is 1. The van der Waals surface area contributed by atoms with Gasteiger partial charge in [0.25, 0.3) is 0 Å². The number of halogens is 1. The highest BCUT2D eigenvalue weighted by molar-refractivity contribution is 7.89. The van der Waals surface area contributed by atoms with Gasteiger partial charge < -0.3 is 5.32 Å². The van der Waals surface area contributed by atoms with Crippen LogP contribution >= 0.6 is 0 Å². The summed E-state index contributed by atoms with van der Waals surface area (Å²) in [5.41, 5.74) is -0.580. The molecular formula is C13H16FN3O2S. The van der Waals surface area contributed by atoms with E-state index >= 15 is 0 Å². The standard InChI is InChI=1S/C13H16FN3O2S/c1-13(2)9-17(6-5-16-13)20(18,19)11-3-4-12(14)10(7-11)8-15/h3-4,7,16H,5-6,9H2,1-2H3. The van der Waals surface area contributed by atoms with E-state index in [4.69, 9.17) is 5.26 Å². The average molecular weight is 297 g/mol. The lowest BCUT2D eigenvalue weighted by molar-refractivity contribution is 0.233. The lowest BCUT2D eigenvalue weighted by atomic mass is 10.0. The van der Waals surface area contributed by atoms with Gasteiger partial charge in [-0.3, -0.25) is 0 Å². The van der Waals surface area contributed by atoms with Crippen molar-refractivity contribution in [1.82, 2.24) is 9.62 Å². The summed E-state index contributed by atoms with van der Waals surface area (Å²) in [7, 11) is -3.71. The van der Waals surface area contributed by atoms with Crippen molar-refractivity contribution >= 4 is 10.0 Å². The van der Waals surface area contributed by atoms with Crippen molar-refractivity contribution in [3.8, 4) is 6.07 Å². The van der Waals surface area contributed by atoms with Gasteiger partial charge in [-0.1, -0.05) is 0 Å². The van der Waals surface area contributed by atoms with Gasteiger partial charge >= 0.3 is 0 Å². The summed E-state index contributed by atoms with van der Waals surface area (Å²) in [4.78, 5) is -0.0480. The number of nitrogens with one attached hydrogen (secondary N) is 1. The van der Waals surface area contributed by atoms with Crippen molar-refractivity contribution in [2.24, 2.45) is 0 Å². The predicted molar refractivity (Wildman–Crippen MR) is 72.0 cm³/mol. The quantitative estimate of drug-likeness (QED) is 0.886. The molecule has 1 fully saturated rings. The number of hydrogen-bond donors (Lipinski definition) is 1. The first kappa shape index (κ1) is 14.9. The summed E-state index contributed by atoms with van der Waals surface area (Å²) in [6, 6.07) is 4.95. The zero-order valence-electron chi connectivity index (χ0n) is 11.4. The average Bonchev–Trinajstić information content (AvgIpc) is 2.37. The van der Waals surface area contributed by atoms with Gasteiger partial charge in [0, 0.05) is 25.2 Å². The molecule has 1 aromatic carbocycles. The fraction of sp³-hybridized carbons (Fsp3) is 0.462. The van der Waals surface area contributed by atoms with Gasteiger partial charge in [0.2, 0.25) is 10.0 Å². The molecular weight excluding hydrogens is 281 g/mol. The van der Waals surface area contributed by atoms with Crippen molar-refractivity contribution in [3.63, 3.8) is 0 Å². The van der Waals surface area contributed by atoms with Crippen LogP contribution in [-0.2, 0) is 10.0 Å². The maximum Gasteiger partial charge on any atom is 0.243 e. The van der Waals surface area contributed by atoms with Crippen LogP contribution < -0.4 is 5.32 Å². The second kappa shape index (κ2) is 5.13. The zero-order valence-corrected chi connectivity index (χ0v) is 12.2. The fourth-order valence-electron chi connectivity index (χ4n) is 2.20. The Morgan fingerprint density at radius 2 is 2.15 bits per heavy atom. The number of rotatable bonds is 2. The molecule has 0 amide bonds. The molecule has 7 heteroatoms. The molecule has 2 rings (SSSR count). The summed E-state index contributed by atoms with van der Waals surface area (Å²) in [6.45, 7) is 5.07. The molecule has 1 aromatic rings. The van der Waals surface area contributed by atoms with E-state index in [0.29, 0.717) is 19.6 Å². The van der Waals surface area contributed by atoms with E-state index < -0.39 is 15.8 Å². The molecule has 5 nitrogen and oxygen atoms in total. The van der Waals surface area contributed by atoms with E-state index in [0.717, 1.165) is 12.1 Å². The minimum atomic E-state index is -3.71. The number of hydrogen-bond acceptors (Lipinski definition) is 4. The Balaban J connectivity index is 2.38. The topological polar surface area (TPSA) is 73.2 Å². The first-order valence-corrected chi connectivity index (χ1v) is 7.65. The van der Waals surface area contributed by atoms with Crippen LogP contribution in [0.25, 0.3) is 0 Å². The van der Waals surface area contributed by atoms with Crippen LogP contribution in [0.4, 0.5) is 4.39 Å². The first-order valence-electron chi connectivity index (χ1n) is 6.21. The summed E-state index contributed by atoms with van der Waals surface area (Å²) in [6.07, 6.45) is 0. The van der Waals surface area contributed by atoms with Crippen LogP contribution in [-0.4, -0.2) is 37.9 Å². The third-order valence-electron chi connectivity index (χ3n) is 3.23. The van der Waals surface area contributed by atoms with E-state index in [1.807, 2.05) is 13.8 Å². The van der Waals surface area contributed by atoms with E-state index in [1.165, 1.54) is 10.4 Å². The van der Waals surface area contributed by atoms with E-state index in [-0.39, 0.29) is 16.0 Å². The lowest BCUT2D eigenvalue weighted by Crippen LogP contribution is -2.58. The highest BCUT2D eigenvalue weighted by Crippen LogP contribution is 2.22. The normalized spacial score (nSPS) is 19.5. The SMILES string of the molecule is CC1(C)CN(S(=O)(=O)c2ccc(F)c(C#N)c2)CCN1. The Labute approximate surface area is 118 Å². The molecule has 0 bridgehead atoms. The highest BCUT2D eigenvalue weighted by Gasteiger charge is 2.34. The minimum absolute atomic E-state index is 0.0480. The van der Waals surface area contributed by atoms with Gasteiger partial charge in [0.05, 0.1) is 10.5 Å². The third kappa shape index (κ3) is 2.82. The second-order valence-electron chi connectivity index (χ2n) is 5.40. The first-order chi connectivity index (χ1) is 9.26. The summed E-state index contributed by atoms with van der Waals surface area (Å²) >= 11 is 0. The molecule has 20 heavy (non-hydrogen) atoms. The second-order valence-corrected chi connectivity index (χ2v) is 7.34. The predicted octanol–water partition coefficient (Wildman–Crippen LogP) is 1.07. The number of nitrogens with zero attached hydrogens (tertiary/aromatic N) is 2. The van der Waals surface area contributed by atoms with Crippen LogP contribution in [0.2, 0.25) is 0 Å². The number of piperazine rings is 1. The van der Waals surface area contributed by atoms with Gasteiger partial charge in [-0.2, -0.15) is 9.57 Å². The van der Waals surface area contributed by atoms with E-state index in [2.05, 4.69) is 5.32 Å². The summed E-state index contributed by atoms with van der Waals surface area (Å²) in [5.74, 6) is -0.716. The van der Waals surface area contributed by atoms with Crippen molar-refractivity contribution in [3.05, 3.63) is 29.6 Å². The minimum Gasteiger partial charge on any atom is -0.309 e. The Morgan fingerprint density at radius 1 is 1.45 bits per heavy atom. The fourth-order valence-corrected chi connectivity index (χ4v) is 3.83. The van der Waals surface area contributed by atoms with Crippen LogP contribution in [0.1, 0.15) is 19.4 Å². The largest absolute Gasteiger partial charge is 0.309 e. The lowest BCUT2D eigenvalue weighted by Gasteiger charge is -2.38. The van der Waals surface area contributed by atoms with Gasteiger partial charge in [-0.15, -0.1) is 0 Å². The van der Waals surface area contributed by atoms with Crippen LogP contribution in [0.3, 0.4) is 0 Å². The van der Waals surface area contributed by atoms with Gasteiger partial charge in [-0.05, 0) is 32.0 Å². The smallest absolute Gasteiger partial charge is 0.243 e. The molecule has 0 aliphatic carbocycles. The summed E-state index contributed by atoms with van der Waals surface area (Å²) < 4.78 is 39.7. The van der Waals surface area contributed by atoms with E-state index in [1.54, 1.807) is 6.07 Å². The molecule has 0 radical (unpaired) electrons. The van der Waals surface area contributed by atoms with Crippen LogP contribution in [0.5, 0.6) is 0 Å². The molecule has 1 aliphatic rings. The molecule has 1 N–H and O–H groups in total. The van der Waals surface area contributed by atoms with Gasteiger partial charge in [0.1, 0.15) is 11.9 Å². The molecule has 1 aliphatic heterocycles. The van der Waals surface area contributed by atoms with Gasteiger partial charge in [-0.25, -0.2) is 12.8 Å². The molecule has 1 heterocycles. The molecule has 0 unspecified atom stereocenters. The van der Waals surface area contributed by atoms with Crippen molar-refractivity contribution in [2.75, 3.05) is 19.6 Å². The maximum absolute atomic E-state index is 13.3. The highest BCUT2D eigenvalue weighted by atomic mass is 32.2. The van der Waals surface area contributed by atoms with Crippen LogP contribution in [0.15, 0.2) is 23.1 Å². The maximum atomic E-state index is 13.3.